The summed E-state index contributed by atoms with van der Waals surface area (Å²) in [4.78, 5) is 12.0. The second-order valence-electron chi connectivity index (χ2n) is 6.64. The number of nitrogens with zero attached hydrogens (tertiary/aromatic N) is 3. The molecule has 0 spiro atoms. The lowest BCUT2D eigenvalue weighted by atomic mass is 10.2. The van der Waals surface area contributed by atoms with E-state index in [2.05, 4.69) is 20.3 Å². The van der Waals surface area contributed by atoms with E-state index in [1.807, 2.05) is 54.6 Å². The van der Waals surface area contributed by atoms with E-state index in [9.17, 15) is 13.2 Å². The first-order chi connectivity index (χ1) is 15.0. The maximum absolute atomic E-state index is 12.8. The maximum Gasteiger partial charge on any atom is 0.433 e. The molecule has 156 valence electrons. The topological polar surface area (TPSA) is 59.9 Å². The molecule has 5 nitrogen and oxygen atoms in total. The van der Waals surface area contributed by atoms with E-state index in [1.165, 1.54) is 6.07 Å². The summed E-state index contributed by atoms with van der Waals surface area (Å²) in [5.41, 5.74) is 0.936. The summed E-state index contributed by atoms with van der Waals surface area (Å²) in [6.45, 7) is 0.283. The molecule has 0 aliphatic heterocycles. The van der Waals surface area contributed by atoms with Crippen molar-refractivity contribution in [2.24, 2.45) is 0 Å². The molecule has 0 aliphatic carbocycles. The van der Waals surface area contributed by atoms with E-state index >= 15 is 0 Å². The van der Waals surface area contributed by atoms with Gasteiger partial charge in [-0.1, -0.05) is 18.2 Å². The number of hydrogen-bond acceptors (Lipinski definition) is 5. The Morgan fingerprint density at radius 2 is 1.48 bits per heavy atom. The fourth-order valence-electron chi connectivity index (χ4n) is 2.79. The Bertz CT molecular complexity index is 1130. The molecule has 4 rings (SSSR count). The van der Waals surface area contributed by atoms with Gasteiger partial charge in [0, 0.05) is 41.9 Å². The minimum absolute atomic E-state index is 0.283. The van der Waals surface area contributed by atoms with Gasteiger partial charge in [-0.25, -0.2) is 9.97 Å². The molecular weight excluding hydrogens is 405 g/mol. The second-order valence-corrected chi connectivity index (χ2v) is 6.64. The summed E-state index contributed by atoms with van der Waals surface area (Å²) >= 11 is 0. The molecule has 2 heterocycles. The number of hydrogen-bond donors (Lipinski definition) is 1. The van der Waals surface area contributed by atoms with Crippen LogP contribution in [0.15, 0.2) is 85.3 Å². The van der Waals surface area contributed by atoms with Crippen LogP contribution >= 0.6 is 0 Å². The van der Waals surface area contributed by atoms with Crippen molar-refractivity contribution in [3.05, 3.63) is 96.6 Å². The number of aromatic nitrogens is 3. The van der Waals surface area contributed by atoms with Crippen molar-refractivity contribution in [2.45, 2.75) is 12.7 Å². The van der Waals surface area contributed by atoms with E-state index in [0.717, 1.165) is 29.1 Å². The number of benzene rings is 2. The molecule has 31 heavy (non-hydrogen) atoms. The molecule has 0 bridgehead atoms. The van der Waals surface area contributed by atoms with Crippen LogP contribution in [0.2, 0.25) is 0 Å². The van der Waals surface area contributed by atoms with Crippen LogP contribution in [-0.2, 0) is 12.7 Å². The number of rotatable bonds is 6. The van der Waals surface area contributed by atoms with Crippen molar-refractivity contribution in [3.8, 4) is 22.9 Å². The van der Waals surface area contributed by atoms with E-state index in [-0.39, 0.29) is 6.54 Å². The van der Waals surface area contributed by atoms with Gasteiger partial charge < -0.3 is 10.1 Å². The Kier molecular flexibility index (Phi) is 5.79. The fraction of sp³-hybridized carbons (Fsp3) is 0.0870. The van der Waals surface area contributed by atoms with Gasteiger partial charge in [0.2, 0.25) is 0 Å². The van der Waals surface area contributed by atoms with E-state index < -0.39 is 11.9 Å². The number of halogens is 3. The molecule has 8 heteroatoms. The minimum atomic E-state index is -4.48. The Morgan fingerprint density at radius 1 is 0.806 bits per heavy atom. The van der Waals surface area contributed by atoms with Crippen LogP contribution in [-0.4, -0.2) is 15.0 Å². The first-order valence-corrected chi connectivity index (χ1v) is 9.39. The van der Waals surface area contributed by atoms with Crippen molar-refractivity contribution >= 4 is 5.69 Å². The molecule has 0 unspecified atom stereocenters. The highest BCUT2D eigenvalue weighted by Crippen LogP contribution is 2.29. The summed E-state index contributed by atoms with van der Waals surface area (Å²) in [6, 6.07) is 19.3. The molecule has 2 aromatic carbocycles. The third-order valence-corrected chi connectivity index (χ3v) is 4.34. The normalized spacial score (nSPS) is 11.2. The van der Waals surface area contributed by atoms with Gasteiger partial charge in [-0.15, -0.1) is 0 Å². The Morgan fingerprint density at radius 3 is 2.16 bits per heavy atom. The average Bonchev–Trinajstić information content (AvgIpc) is 2.79. The lowest BCUT2D eigenvalue weighted by Crippen LogP contribution is -2.09. The van der Waals surface area contributed by atoms with Gasteiger partial charge in [-0.05, 0) is 48.5 Å². The summed E-state index contributed by atoms with van der Waals surface area (Å²) < 4.78 is 44.0. The molecule has 1 N–H and O–H groups in total. The van der Waals surface area contributed by atoms with Crippen molar-refractivity contribution < 1.29 is 17.9 Å². The zero-order chi connectivity index (χ0) is 21.7. The predicted octanol–water partition coefficient (Wildman–Crippen LogP) is 5.96. The van der Waals surface area contributed by atoms with Crippen LogP contribution in [0.5, 0.6) is 11.5 Å². The Balaban J connectivity index is 1.38. The third kappa shape index (κ3) is 5.36. The van der Waals surface area contributed by atoms with Crippen LogP contribution in [0.25, 0.3) is 11.4 Å². The highest BCUT2D eigenvalue weighted by Gasteiger charge is 2.32. The van der Waals surface area contributed by atoms with Gasteiger partial charge in [-0.3, -0.25) is 4.98 Å². The van der Waals surface area contributed by atoms with E-state index in [0.29, 0.717) is 17.3 Å². The second kappa shape index (κ2) is 8.83. The van der Waals surface area contributed by atoms with Gasteiger partial charge in [0.1, 0.15) is 17.2 Å². The Labute approximate surface area is 176 Å². The van der Waals surface area contributed by atoms with Crippen LogP contribution < -0.4 is 10.1 Å². The molecule has 4 aromatic rings. The predicted molar refractivity (Wildman–Crippen MR) is 111 cm³/mol. The number of pyridine rings is 1. The highest BCUT2D eigenvalue weighted by molar-refractivity contribution is 5.56. The third-order valence-electron chi connectivity index (χ3n) is 4.34. The van der Waals surface area contributed by atoms with E-state index in [4.69, 9.17) is 4.74 Å². The number of nitrogens with one attached hydrogen (secondary N) is 1. The summed E-state index contributed by atoms with van der Waals surface area (Å²) in [7, 11) is 0. The van der Waals surface area contributed by atoms with Crippen LogP contribution in [0, 0.1) is 0 Å². The number of alkyl halides is 3. The van der Waals surface area contributed by atoms with Gasteiger partial charge in [0.25, 0.3) is 0 Å². The Hall–Kier alpha value is -3.94. The van der Waals surface area contributed by atoms with Gasteiger partial charge in [0.15, 0.2) is 5.82 Å². The lowest BCUT2D eigenvalue weighted by molar-refractivity contribution is -0.141. The molecule has 0 atom stereocenters. The lowest BCUT2D eigenvalue weighted by Gasteiger charge is -2.10. The van der Waals surface area contributed by atoms with Crippen molar-refractivity contribution in [3.63, 3.8) is 0 Å². The van der Waals surface area contributed by atoms with Crippen LogP contribution in [0.1, 0.15) is 11.3 Å². The molecule has 0 saturated carbocycles. The smallest absolute Gasteiger partial charge is 0.433 e. The fourth-order valence-corrected chi connectivity index (χ4v) is 2.79. The number of ether oxygens (including phenoxy) is 1. The standard InChI is InChI=1S/C23H17F3N4O/c24-23(25,26)21-12-18(10-11-27-21)28-13-16-14-29-22(30-15-16)17-6-8-20(9-7-17)31-19-4-2-1-3-5-19/h1-12,14-15H,13H2,(H,27,28). The summed E-state index contributed by atoms with van der Waals surface area (Å²) in [6.07, 6.45) is -0.0921. The molecule has 0 amide bonds. The molecule has 0 aliphatic rings. The summed E-state index contributed by atoms with van der Waals surface area (Å²) in [5, 5.41) is 2.93. The summed E-state index contributed by atoms with van der Waals surface area (Å²) in [5.74, 6) is 1.99. The zero-order valence-electron chi connectivity index (χ0n) is 16.2. The van der Waals surface area contributed by atoms with Gasteiger partial charge in [0.05, 0.1) is 0 Å². The SMILES string of the molecule is FC(F)(F)c1cc(NCc2cnc(-c3ccc(Oc4ccccc4)cc3)nc2)ccn1. The monoisotopic (exact) mass is 422 g/mol. The van der Waals surface area contributed by atoms with Crippen molar-refractivity contribution in [1.29, 1.82) is 0 Å². The molecule has 0 fully saturated rings. The zero-order valence-corrected chi connectivity index (χ0v) is 16.2. The van der Waals surface area contributed by atoms with Crippen molar-refractivity contribution in [1.82, 2.24) is 15.0 Å². The first kappa shape index (κ1) is 20.3. The van der Waals surface area contributed by atoms with Gasteiger partial charge >= 0.3 is 6.18 Å². The number of anilines is 1. The number of para-hydroxylation sites is 1. The minimum Gasteiger partial charge on any atom is -0.457 e. The van der Waals surface area contributed by atoms with Crippen LogP contribution in [0.3, 0.4) is 0 Å². The largest absolute Gasteiger partial charge is 0.457 e. The molecule has 0 saturated heterocycles. The molecule has 0 radical (unpaired) electrons. The van der Waals surface area contributed by atoms with E-state index in [1.54, 1.807) is 12.4 Å². The van der Waals surface area contributed by atoms with Crippen molar-refractivity contribution in [2.75, 3.05) is 5.32 Å². The van der Waals surface area contributed by atoms with Crippen LogP contribution in [0.4, 0.5) is 18.9 Å². The first-order valence-electron chi connectivity index (χ1n) is 9.39. The quantitative estimate of drug-likeness (QED) is 0.415. The maximum atomic E-state index is 12.8. The molecular formula is C23H17F3N4O. The molecule has 2 aromatic heterocycles. The van der Waals surface area contributed by atoms with Gasteiger partial charge in [-0.2, -0.15) is 13.2 Å². The highest BCUT2D eigenvalue weighted by atomic mass is 19.4. The average molecular weight is 422 g/mol.